The van der Waals surface area contributed by atoms with Gasteiger partial charge in [-0.15, -0.1) is 11.6 Å². The van der Waals surface area contributed by atoms with Gasteiger partial charge in [-0.1, -0.05) is 23.8 Å². The van der Waals surface area contributed by atoms with E-state index in [9.17, 15) is 4.79 Å². The number of aliphatic imine (C=N–C) groups is 1. The Morgan fingerprint density at radius 1 is 1.22 bits per heavy atom. The number of nitrogens with one attached hydrogen (secondary N) is 1. The Morgan fingerprint density at radius 3 is 2.62 bits per heavy atom. The third-order valence-corrected chi connectivity index (χ3v) is 7.10. The Kier molecular flexibility index (Phi) is 7.09. The second-order valence-corrected chi connectivity index (χ2v) is 9.55. The maximum Gasteiger partial charge on any atom is 0.341 e. The van der Waals surface area contributed by atoms with Gasteiger partial charge in [0.25, 0.3) is 0 Å². The maximum atomic E-state index is 10.9. The standard InChI is InChI=1S/C25H31ClN2O4/c1-15-3-5-16(6-4-15)23-24(17-7-9-19(26)10-8-17)28-25(27-23)18-11-20(31-2)13-21(12-18)32-14-22(29)30/h3-5,11-13,16-17,19,23-24H,6-10,14H2,1-2H3,(H,27,28)(H,29,30)/t16?,17?,19?,23-,24?/m0/s1. The van der Waals surface area contributed by atoms with Crippen molar-refractivity contribution in [3.8, 4) is 11.5 Å². The predicted molar refractivity (Wildman–Crippen MR) is 126 cm³/mol. The summed E-state index contributed by atoms with van der Waals surface area (Å²) in [5.41, 5.74) is 2.14. The number of amidine groups is 1. The molecule has 172 valence electrons. The normalized spacial score (nSPS) is 29.7. The highest BCUT2D eigenvalue weighted by Gasteiger charge is 2.40. The number of carbonyl (C=O) groups is 1. The van der Waals surface area contributed by atoms with Crippen LogP contribution in [0.4, 0.5) is 0 Å². The lowest BCUT2D eigenvalue weighted by Crippen LogP contribution is -2.44. The van der Waals surface area contributed by atoms with Crippen molar-refractivity contribution in [3.63, 3.8) is 0 Å². The second kappa shape index (κ2) is 9.99. The molecule has 0 bridgehead atoms. The lowest BCUT2D eigenvalue weighted by atomic mass is 9.77. The molecule has 1 aromatic rings. The molecule has 0 aromatic heterocycles. The number of ether oxygens (including phenoxy) is 2. The SMILES string of the molecule is COc1cc(OCC(=O)O)cc(C2=NC(C3CCC(Cl)CC3)[C@H](C3C=CC(C)=CC3)N2)c1. The average Bonchev–Trinajstić information content (AvgIpc) is 3.24. The van der Waals surface area contributed by atoms with Crippen molar-refractivity contribution in [2.45, 2.75) is 56.5 Å². The molecule has 2 unspecified atom stereocenters. The van der Waals surface area contributed by atoms with Gasteiger partial charge in [0, 0.05) is 22.9 Å². The van der Waals surface area contributed by atoms with E-state index in [1.807, 2.05) is 12.1 Å². The summed E-state index contributed by atoms with van der Waals surface area (Å²) in [6, 6.07) is 5.81. The van der Waals surface area contributed by atoms with Crippen molar-refractivity contribution in [1.82, 2.24) is 5.32 Å². The Bertz CT molecular complexity index is 934. The fourth-order valence-electron chi connectivity index (χ4n) is 4.91. The number of aliphatic carboxylic acids is 1. The zero-order valence-electron chi connectivity index (χ0n) is 18.6. The van der Waals surface area contributed by atoms with E-state index in [1.54, 1.807) is 13.2 Å². The van der Waals surface area contributed by atoms with Gasteiger partial charge in [0.2, 0.25) is 0 Å². The Balaban J connectivity index is 1.61. The minimum Gasteiger partial charge on any atom is -0.497 e. The minimum absolute atomic E-state index is 0.171. The third-order valence-electron chi connectivity index (χ3n) is 6.66. The lowest BCUT2D eigenvalue weighted by molar-refractivity contribution is -0.139. The first-order valence-corrected chi connectivity index (χ1v) is 11.7. The van der Waals surface area contributed by atoms with Gasteiger partial charge in [0.15, 0.2) is 6.61 Å². The van der Waals surface area contributed by atoms with Crippen LogP contribution in [0, 0.1) is 11.8 Å². The number of carboxylic acid groups (broad SMARTS) is 1. The fourth-order valence-corrected chi connectivity index (χ4v) is 5.16. The molecule has 6 nitrogen and oxygen atoms in total. The maximum absolute atomic E-state index is 10.9. The Morgan fingerprint density at radius 2 is 1.97 bits per heavy atom. The number of methoxy groups -OCH3 is 1. The van der Waals surface area contributed by atoms with Crippen LogP contribution in [0.25, 0.3) is 0 Å². The summed E-state index contributed by atoms with van der Waals surface area (Å²) < 4.78 is 10.9. The van der Waals surface area contributed by atoms with E-state index < -0.39 is 12.6 Å². The molecule has 0 spiro atoms. The van der Waals surface area contributed by atoms with Crippen molar-refractivity contribution >= 4 is 23.4 Å². The molecule has 3 atom stereocenters. The summed E-state index contributed by atoms with van der Waals surface area (Å²) in [7, 11) is 1.58. The monoisotopic (exact) mass is 458 g/mol. The summed E-state index contributed by atoms with van der Waals surface area (Å²) >= 11 is 6.38. The summed E-state index contributed by atoms with van der Waals surface area (Å²) in [4.78, 5) is 16.1. The lowest BCUT2D eigenvalue weighted by Gasteiger charge is -2.34. The van der Waals surface area contributed by atoms with Crippen LogP contribution in [-0.2, 0) is 4.79 Å². The first kappa shape index (κ1) is 22.7. The minimum atomic E-state index is -1.02. The predicted octanol–water partition coefficient (Wildman–Crippen LogP) is 4.57. The van der Waals surface area contributed by atoms with Crippen molar-refractivity contribution < 1.29 is 19.4 Å². The molecular weight excluding hydrogens is 428 g/mol. The van der Waals surface area contributed by atoms with E-state index in [2.05, 4.69) is 30.5 Å². The van der Waals surface area contributed by atoms with Gasteiger partial charge in [-0.3, -0.25) is 4.99 Å². The highest BCUT2D eigenvalue weighted by molar-refractivity contribution is 6.20. The summed E-state index contributed by atoms with van der Waals surface area (Å²) in [5.74, 6) is 1.71. The van der Waals surface area contributed by atoms with Gasteiger partial charge in [-0.2, -0.15) is 0 Å². The number of allylic oxidation sites excluding steroid dienone is 3. The molecule has 1 fully saturated rings. The van der Waals surface area contributed by atoms with Crippen LogP contribution in [-0.4, -0.2) is 48.1 Å². The smallest absolute Gasteiger partial charge is 0.341 e. The molecule has 1 aromatic carbocycles. The number of carboxylic acids is 1. The van der Waals surface area contributed by atoms with Crippen molar-refractivity contribution in [2.75, 3.05) is 13.7 Å². The average molecular weight is 459 g/mol. The van der Waals surface area contributed by atoms with Gasteiger partial charge in [-0.05, 0) is 57.1 Å². The molecule has 0 amide bonds. The molecule has 2 aliphatic carbocycles. The van der Waals surface area contributed by atoms with Crippen molar-refractivity contribution in [1.29, 1.82) is 0 Å². The summed E-state index contributed by atoms with van der Waals surface area (Å²) in [5, 5.41) is 12.9. The van der Waals surface area contributed by atoms with Gasteiger partial charge in [0.1, 0.15) is 17.3 Å². The second-order valence-electron chi connectivity index (χ2n) is 8.94. The van der Waals surface area contributed by atoms with E-state index in [4.69, 9.17) is 31.2 Å². The number of nitrogens with zero attached hydrogens (tertiary/aromatic N) is 1. The molecular formula is C25H31ClN2O4. The molecule has 1 aliphatic heterocycles. The Hall–Kier alpha value is -2.47. The van der Waals surface area contributed by atoms with Gasteiger partial charge < -0.3 is 19.9 Å². The Labute approximate surface area is 194 Å². The van der Waals surface area contributed by atoms with Gasteiger partial charge >= 0.3 is 5.97 Å². The van der Waals surface area contributed by atoms with E-state index in [0.717, 1.165) is 43.5 Å². The number of halogens is 1. The van der Waals surface area contributed by atoms with Crippen molar-refractivity contribution in [2.24, 2.45) is 16.8 Å². The number of hydrogen-bond donors (Lipinski definition) is 2. The molecule has 1 heterocycles. The molecule has 4 rings (SSSR count). The van der Waals surface area contributed by atoms with Crippen LogP contribution in [0.3, 0.4) is 0 Å². The zero-order valence-corrected chi connectivity index (χ0v) is 19.3. The molecule has 0 saturated heterocycles. The fraction of sp³-hybridized carbons (Fsp3) is 0.520. The quantitative estimate of drug-likeness (QED) is 0.585. The van der Waals surface area contributed by atoms with Crippen LogP contribution in [0.1, 0.15) is 44.6 Å². The van der Waals surface area contributed by atoms with E-state index >= 15 is 0 Å². The summed E-state index contributed by atoms with van der Waals surface area (Å²) in [6.07, 6.45) is 12.0. The first-order valence-electron chi connectivity index (χ1n) is 11.3. The van der Waals surface area contributed by atoms with E-state index in [0.29, 0.717) is 23.3 Å². The highest BCUT2D eigenvalue weighted by Crippen LogP contribution is 2.38. The zero-order chi connectivity index (χ0) is 22.7. The molecule has 2 N–H and O–H groups in total. The third kappa shape index (κ3) is 5.29. The number of hydrogen-bond acceptors (Lipinski definition) is 5. The van der Waals surface area contributed by atoms with Crippen LogP contribution < -0.4 is 14.8 Å². The highest BCUT2D eigenvalue weighted by atomic mass is 35.5. The number of benzene rings is 1. The van der Waals surface area contributed by atoms with Crippen LogP contribution in [0.2, 0.25) is 0 Å². The molecule has 7 heteroatoms. The number of alkyl halides is 1. The van der Waals surface area contributed by atoms with E-state index in [1.165, 1.54) is 5.57 Å². The summed E-state index contributed by atoms with van der Waals surface area (Å²) in [6.45, 7) is 1.73. The van der Waals surface area contributed by atoms with E-state index in [-0.39, 0.29) is 17.5 Å². The van der Waals surface area contributed by atoms with Crippen molar-refractivity contribution in [3.05, 3.63) is 47.6 Å². The largest absolute Gasteiger partial charge is 0.497 e. The van der Waals surface area contributed by atoms with Crippen LogP contribution in [0.15, 0.2) is 47.0 Å². The first-order chi connectivity index (χ1) is 15.4. The molecule has 3 aliphatic rings. The van der Waals surface area contributed by atoms with Crippen LogP contribution >= 0.6 is 11.6 Å². The molecule has 0 radical (unpaired) electrons. The molecule has 32 heavy (non-hydrogen) atoms. The molecule has 1 saturated carbocycles. The van der Waals surface area contributed by atoms with Gasteiger partial charge in [-0.25, -0.2) is 4.79 Å². The topological polar surface area (TPSA) is 80.2 Å². The number of rotatable bonds is 7. The van der Waals surface area contributed by atoms with Gasteiger partial charge in [0.05, 0.1) is 19.2 Å². The van der Waals surface area contributed by atoms with Crippen LogP contribution in [0.5, 0.6) is 11.5 Å².